The number of aromatic nitrogens is 2. The van der Waals surface area contributed by atoms with E-state index in [9.17, 15) is 0 Å². The lowest BCUT2D eigenvalue weighted by atomic mass is 10.2. The largest absolute Gasteiger partial charge is 0.469 e. The van der Waals surface area contributed by atoms with E-state index in [0.29, 0.717) is 5.56 Å². The van der Waals surface area contributed by atoms with Crippen LogP contribution >= 0.6 is 0 Å². The Morgan fingerprint density at radius 2 is 2.10 bits per heavy atom. The van der Waals surface area contributed by atoms with Crippen LogP contribution in [0.15, 0.2) is 34.9 Å². The second kappa shape index (κ2) is 4.53. The molecule has 20 heavy (non-hydrogen) atoms. The third kappa shape index (κ3) is 1.79. The van der Waals surface area contributed by atoms with Crippen LogP contribution in [0.1, 0.15) is 31.2 Å². The summed E-state index contributed by atoms with van der Waals surface area (Å²) in [5.41, 5.74) is 3.50. The molecule has 0 aliphatic rings. The van der Waals surface area contributed by atoms with Gasteiger partial charge in [-0.05, 0) is 45.0 Å². The fourth-order valence-corrected chi connectivity index (χ4v) is 2.50. The molecular weight excluding hydrogens is 250 g/mol. The van der Waals surface area contributed by atoms with Crippen LogP contribution in [0.5, 0.6) is 0 Å². The minimum atomic E-state index is 0.275. The zero-order chi connectivity index (χ0) is 14.3. The Labute approximate surface area is 117 Å². The zero-order valence-corrected chi connectivity index (χ0v) is 11.7. The molecule has 0 saturated carbocycles. The number of hydrogen-bond donors (Lipinski definition) is 0. The minimum Gasteiger partial charge on any atom is -0.469 e. The molecule has 3 rings (SSSR count). The molecule has 0 fully saturated rings. The summed E-state index contributed by atoms with van der Waals surface area (Å²) in [6.07, 6.45) is 1.68. The molecule has 4 nitrogen and oxygen atoms in total. The first-order chi connectivity index (χ1) is 9.61. The Bertz CT molecular complexity index is 818. The van der Waals surface area contributed by atoms with Crippen molar-refractivity contribution in [3.63, 3.8) is 0 Å². The molecule has 0 N–H and O–H groups in total. The first kappa shape index (κ1) is 12.5. The lowest BCUT2D eigenvalue weighted by molar-refractivity contribution is 0.534. The summed E-state index contributed by atoms with van der Waals surface area (Å²) < 4.78 is 7.56. The van der Waals surface area contributed by atoms with E-state index in [1.165, 1.54) is 0 Å². The number of benzene rings is 1. The van der Waals surface area contributed by atoms with Crippen LogP contribution in [0, 0.1) is 18.3 Å². The smallest absolute Gasteiger partial charge is 0.144 e. The van der Waals surface area contributed by atoms with Crippen LogP contribution in [0.3, 0.4) is 0 Å². The number of hydrogen-bond acceptors (Lipinski definition) is 3. The van der Waals surface area contributed by atoms with E-state index >= 15 is 0 Å². The quantitative estimate of drug-likeness (QED) is 0.702. The second-order valence-corrected chi connectivity index (χ2v) is 5.10. The second-order valence-electron chi connectivity index (χ2n) is 5.10. The lowest BCUT2D eigenvalue weighted by Crippen LogP contribution is -2.03. The fourth-order valence-electron chi connectivity index (χ4n) is 2.50. The van der Waals surface area contributed by atoms with Crippen LogP contribution in [-0.4, -0.2) is 9.55 Å². The third-order valence-electron chi connectivity index (χ3n) is 3.43. The van der Waals surface area contributed by atoms with Gasteiger partial charge in [-0.2, -0.15) is 5.26 Å². The highest BCUT2D eigenvalue weighted by Gasteiger charge is 2.17. The van der Waals surface area contributed by atoms with Gasteiger partial charge in [0.15, 0.2) is 0 Å². The van der Waals surface area contributed by atoms with Crippen molar-refractivity contribution >= 4 is 11.0 Å². The Kier molecular flexibility index (Phi) is 2.83. The monoisotopic (exact) mass is 265 g/mol. The van der Waals surface area contributed by atoms with Gasteiger partial charge in [-0.1, -0.05) is 0 Å². The highest BCUT2D eigenvalue weighted by Crippen LogP contribution is 2.31. The van der Waals surface area contributed by atoms with Gasteiger partial charge in [0.05, 0.1) is 34.5 Å². The van der Waals surface area contributed by atoms with Gasteiger partial charge in [-0.15, -0.1) is 0 Å². The van der Waals surface area contributed by atoms with Crippen molar-refractivity contribution in [3.8, 4) is 17.5 Å². The summed E-state index contributed by atoms with van der Waals surface area (Å²) >= 11 is 0. The van der Waals surface area contributed by atoms with E-state index in [4.69, 9.17) is 14.7 Å². The number of furan rings is 1. The van der Waals surface area contributed by atoms with Crippen molar-refractivity contribution in [1.29, 1.82) is 5.26 Å². The van der Waals surface area contributed by atoms with Gasteiger partial charge in [-0.25, -0.2) is 4.98 Å². The third-order valence-corrected chi connectivity index (χ3v) is 3.43. The van der Waals surface area contributed by atoms with E-state index < -0.39 is 0 Å². The molecule has 0 spiro atoms. The molecule has 0 radical (unpaired) electrons. The van der Waals surface area contributed by atoms with E-state index in [1.54, 1.807) is 6.26 Å². The van der Waals surface area contributed by atoms with Crippen molar-refractivity contribution in [2.45, 2.75) is 26.8 Å². The van der Waals surface area contributed by atoms with Gasteiger partial charge in [0.2, 0.25) is 0 Å². The molecule has 0 aliphatic carbocycles. The van der Waals surface area contributed by atoms with Gasteiger partial charge in [0.1, 0.15) is 11.6 Å². The molecule has 2 aromatic heterocycles. The van der Waals surface area contributed by atoms with Crippen LogP contribution in [0.2, 0.25) is 0 Å². The molecule has 0 bridgehead atoms. The Hall–Kier alpha value is -2.54. The molecule has 4 heteroatoms. The highest BCUT2D eigenvalue weighted by molar-refractivity contribution is 5.82. The normalized spacial score (nSPS) is 11.2. The maximum atomic E-state index is 9.01. The summed E-state index contributed by atoms with van der Waals surface area (Å²) in [5.74, 6) is 1.74. The van der Waals surface area contributed by atoms with E-state index in [2.05, 4.69) is 24.5 Å². The first-order valence-electron chi connectivity index (χ1n) is 6.58. The highest BCUT2D eigenvalue weighted by atomic mass is 16.3. The van der Waals surface area contributed by atoms with Crippen LogP contribution in [0.25, 0.3) is 22.4 Å². The SMILES string of the molecule is Cc1occc1-c1nc2cc(C#N)ccc2n1C(C)C. The number of imidazole rings is 1. The molecule has 0 unspecified atom stereocenters. The van der Waals surface area contributed by atoms with E-state index in [0.717, 1.165) is 28.2 Å². The summed E-state index contributed by atoms with van der Waals surface area (Å²) in [6.45, 7) is 6.18. The van der Waals surface area contributed by atoms with Crippen LogP contribution < -0.4 is 0 Å². The van der Waals surface area contributed by atoms with Gasteiger partial charge in [0, 0.05) is 6.04 Å². The van der Waals surface area contributed by atoms with Crippen molar-refractivity contribution in [2.75, 3.05) is 0 Å². The average molecular weight is 265 g/mol. The summed E-state index contributed by atoms with van der Waals surface area (Å²) in [5, 5.41) is 9.01. The van der Waals surface area contributed by atoms with Crippen LogP contribution in [0.4, 0.5) is 0 Å². The van der Waals surface area contributed by atoms with Gasteiger partial charge in [-0.3, -0.25) is 0 Å². The average Bonchev–Trinajstić information content (AvgIpc) is 3.00. The molecule has 0 atom stereocenters. The Morgan fingerprint density at radius 3 is 2.70 bits per heavy atom. The zero-order valence-electron chi connectivity index (χ0n) is 11.7. The number of rotatable bonds is 2. The van der Waals surface area contributed by atoms with Crippen molar-refractivity contribution < 1.29 is 4.42 Å². The Balaban J connectivity index is 2.34. The van der Waals surface area contributed by atoms with Crippen LogP contribution in [-0.2, 0) is 0 Å². The standard InChI is InChI=1S/C16H15N3O/c1-10(2)19-15-5-4-12(9-17)8-14(15)18-16(19)13-6-7-20-11(13)3/h4-8,10H,1-3H3. The van der Waals surface area contributed by atoms with Gasteiger partial charge >= 0.3 is 0 Å². The number of fused-ring (bicyclic) bond motifs is 1. The molecule has 100 valence electrons. The maximum absolute atomic E-state index is 9.01. The van der Waals surface area contributed by atoms with Gasteiger partial charge < -0.3 is 8.98 Å². The van der Waals surface area contributed by atoms with E-state index in [1.807, 2.05) is 31.2 Å². The van der Waals surface area contributed by atoms with E-state index in [-0.39, 0.29) is 6.04 Å². The number of aryl methyl sites for hydroxylation is 1. The van der Waals surface area contributed by atoms with Gasteiger partial charge in [0.25, 0.3) is 0 Å². The maximum Gasteiger partial charge on any atom is 0.144 e. The predicted octanol–water partition coefficient (Wildman–Crippen LogP) is 4.06. The molecule has 0 saturated heterocycles. The van der Waals surface area contributed by atoms with Crippen molar-refractivity contribution in [2.24, 2.45) is 0 Å². The molecule has 1 aromatic carbocycles. The molecule has 3 aromatic rings. The molecular formula is C16H15N3O. The summed E-state index contributed by atoms with van der Waals surface area (Å²) in [7, 11) is 0. The lowest BCUT2D eigenvalue weighted by Gasteiger charge is -2.12. The molecule has 0 aliphatic heterocycles. The summed E-state index contributed by atoms with van der Waals surface area (Å²) in [4.78, 5) is 4.70. The minimum absolute atomic E-state index is 0.275. The number of nitrogens with zero attached hydrogens (tertiary/aromatic N) is 3. The van der Waals surface area contributed by atoms with Crippen molar-refractivity contribution in [1.82, 2.24) is 9.55 Å². The Morgan fingerprint density at radius 1 is 1.30 bits per heavy atom. The molecule has 2 heterocycles. The fraction of sp³-hybridized carbons (Fsp3) is 0.250. The van der Waals surface area contributed by atoms with Crippen molar-refractivity contribution in [3.05, 3.63) is 41.9 Å². The first-order valence-corrected chi connectivity index (χ1v) is 6.58. The molecule has 0 amide bonds. The number of nitriles is 1. The topological polar surface area (TPSA) is 54.8 Å². The summed E-state index contributed by atoms with van der Waals surface area (Å²) in [6, 6.07) is 9.97. The predicted molar refractivity (Wildman–Crippen MR) is 77.3 cm³/mol.